The number of ether oxygens (including phenoxy) is 1. The molecule has 0 radical (unpaired) electrons. The maximum Gasteiger partial charge on any atom is 0.117 e. The number of alkyl halides is 1. The summed E-state index contributed by atoms with van der Waals surface area (Å²) in [7, 11) is 0. The molecule has 1 fully saturated rings. The van der Waals surface area contributed by atoms with Crippen LogP contribution in [0, 0.1) is 0 Å². The maximum atomic E-state index is 12.6. The van der Waals surface area contributed by atoms with Gasteiger partial charge in [0.25, 0.3) is 0 Å². The number of halogens is 1. The molecule has 1 aromatic heterocycles. The van der Waals surface area contributed by atoms with Gasteiger partial charge in [-0.1, -0.05) is 6.07 Å². The number of pyridine rings is 1. The summed E-state index contributed by atoms with van der Waals surface area (Å²) < 4.78 is 18.0. The molecule has 16 heavy (non-hydrogen) atoms. The van der Waals surface area contributed by atoms with E-state index < -0.39 is 6.67 Å². The molecule has 1 saturated heterocycles. The van der Waals surface area contributed by atoms with Gasteiger partial charge in [0, 0.05) is 32.4 Å². The zero-order valence-corrected chi connectivity index (χ0v) is 9.31. The Morgan fingerprint density at radius 2 is 2.44 bits per heavy atom. The Morgan fingerprint density at radius 3 is 3.19 bits per heavy atom. The molecule has 1 aliphatic heterocycles. The molecule has 2 rings (SSSR count). The lowest BCUT2D eigenvalue weighted by molar-refractivity contribution is 0.0358. The zero-order chi connectivity index (χ0) is 11.2. The Balaban J connectivity index is 1.93. The van der Waals surface area contributed by atoms with E-state index in [1.165, 1.54) is 0 Å². The Labute approximate surface area is 95.2 Å². The van der Waals surface area contributed by atoms with E-state index in [4.69, 9.17) is 4.74 Å². The van der Waals surface area contributed by atoms with Crippen molar-refractivity contribution < 1.29 is 9.13 Å². The summed E-state index contributed by atoms with van der Waals surface area (Å²) in [6.45, 7) is 2.65. The van der Waals surface area contributed by atoms with Crippen LogP contribution in [0.15, 0.2) is 24.4 Å². The Bertz CT molecular complexity index is 307. The van der Waals surface area contributed by atoms with E-state index in [1.807, 2.05) is 18.2 Å². The summed E-state index contributed by atoms with van der Waals surface area (Å²) in [4.78, 5) is 6.49. The normalized spacial score (nSPS) is 22.9. The number of hydrogen-bond donors (Lipinski definition) is 0. The van der Waals surface area contributed by atoms with Crippen LogP contribution in [-0.2, 0) is 11.3 Å². The van der Waals surface area contributed by atoms with Crippen molar-refractivity contribution in [2.75, 3.05) is 26.4 Å². The fraction of sp³-hybridized carbons (Fsp3) is 0.583. The molecule has 88 valence electrons. The summed E-state index contributed by atoms with van der Waals surface area (Å²) in [5, 5.41) is 0. The molecule has 0 aromatic carbocycles. The van der Waals surface area contributed by atoms with E-state index in [-0.39, 0.29) is 6.10 Å². The molecular weight excluding hydrogens is 207 g/mol. The Hall–Kier alpha value is -1.00. The minimum atomic E-state index is -0.404. The van der Waals surface area contributed by atoms with Crippen molar-refractivity contribution in [1.29, 1.82) is 0 Å². The molecule has 1 aliphatic rings. The van der Waals surface area contributed by atoms with Gasteiger partial charge in [0.2, 0.25) is 0 Å². The van der Waals surface area contributed by atoms with E-state index in [9.17, 15) is 4.39 Å². The third-order valence-electron chi connectivity index (χ3n) is 2.72. The van der Waals surface area contributed by atoms with E-state index in [2.05, 4.69) is 9.88 Å². The van der Waals surface area contributed by atoms with Gasteiger partial charge in [-0.05, 0) is 18.6 Å². The zero-order valence-electron chi connectivity index (χ0n) is 9.31. The summed E-state index contributed by atoms with van der Waals surface area (Å²) in [6.07, 6.45) is 2.48. The van der Waals surface area contributed by atoms with E-state index in [0.717, 1.165) is 25.2 Å². The minimum absolute atomic E-state index is 0.272. The maximum absolute atomic E-state index is 12.6. The third kappa shape index (κ3) is 3.25. The van der Waals surface area contributed by atoms with Crippen molar-refractivity contribution in [1.82, 2.24) is 9.88 Å². The number of nitrogens with zero attached hydrogens (tertiary/aromatic N) is 2. The van der Waals surface area contributed by atoms with Crippen LogP contribution in [0.25, 0.3) is 0 Å². The first-order chi connectivity index (χ1) is 7.88. The van der Waals surface area contributed by atoms with Gasteiger partial charge in [-0.3, -0.25) is 9.88 Å². The highest BCUT2D eigenvalue weighted by Gasteiger charge is 2.18. The fourth-order valence-electron chi connectivity index (χ4n) is 1.93. The lowest BCUT2D eigenvalue weighted by atomic mass is 10.3. The molecular formula is C12H17FN2O. The molecule has 2 heterocycles. The van der Waals surface area contributed by atoms with Gasteiger partial charge in [0.1, 0.15) is 6.67 Å². The molecule has 1 atom stereocenters. The lowest BCUT2D eigenvalue weighted by Crippen LogP contribution is -2.32. The quantitative estimate of drug-likeness (QED) is 0.780. The predicted octanol–water partition coefficient (Wildman–Crippen LogP) is 1.64. The second kappa shape index (κ2) is 5.92. The fourth-order valence-corrected chi connectivity index (χ4v) is 1.93. The first-order valence-corrected chi connectivity index (χ1v) is 5.68. The van der Waals surface area contributed by atoms with Crippen LogP contribution in [0.2, 0.25) is 0 Å². The van der Waals surface area contributed by atoms with Gasteiger partial charge >= 0.3 is 0 Å². The van der Waals surface area contributed by atoms with Crippen LogP contribution < -0.4 is 0 Å². The van der Waals surface area contributed by atoms with Crippen LogP contribution in [0.1, 0.15) is 12.1 Å². The Kier molecular flexibility index (Phi) is 4.25. The molecule has 1 aromatic rings. The molecule has 0 N–H and O–H groups in total. The highest BCUT2D eigenvalue weighted by Crippen LogP contribution is 2.09. The van der Waals surface area contributed by atoms with Gasteiger partial charge in [0.05, 0.1) is 11.8 Å². The molecule has 0 amide bonds. The monoisotopic (exact) mass is 224 g/mol. The number of hydrogen-bond acceptors (Lipinski definition) is 3. The first-order valence-electron chi connectivity index (χ1n) is 5.68. The predicted molar refractivity (Wildman–Crippen MR) is 59.8 cm³/mol. The highest BCUT2D eigenvalue weighted by atomic mass is 19.1. The molecule has 0 spiro atoms. The lowest BCUT2D eigenvalue weighted by Gasteiger charge is -2.21. The molecule has 4 heteroatoms. The summed E-state index contributed by atoms with van der Waals surface area (Å²) in [6, 6.07) is 5.87. The second-order valence-electron chi connectivity index (χ2n) is 4.06. The van der Waals surface area contributed by atoms with Gasteiger partial charge in [-0.2, -0.15) is 0 Å². The average Bonchev–Trinajstić information content (AvgIpc) is 2.55. The average molecular weight is 224 g/mol. The SMILES string of the molecule is FCC1CN(Cc2ccccn2)CCCO1. The second-order valence-corrected chi connectivity index (χ2v) is 4.06. The van der Waals surface area contributed by atoms with E-state index in [0.29, 0.717) is 13.2 Å². The van der Waals surface area contributed by atoms with Gasteiger partial charge in [-0.15, -0.1) is 0 Å². The third-order valence-corrected chi connectivity index (χ3v) is 2.72. The van der Waals surface area contributed by atoms with Crippen molar-refractivity contribution in [2.45, 2.75) is 19.1 Å². The summed E-state index contributed by atoms with van der Waals surface area (Å²) in [5.74, 6) is 0. The minimum Gasteiger partial charge on any atom is -0.374 e. The summed E-state index contributed by atoms with van der Waals surface area (Å²) in [5.41, 5.74) is 1.03. The van der Waals surface area contributed by atoms with Gasteiger partial charge in [0.15, 0.2) is 0 Å². The van der Waals surface area contributed by atoms with Crippen molar-refractivity contribution in [3.8, 4) is 0 Å². The van der Waals surface area contributed by atoms with Crippen LogP contribution in [0.5, 0.6) is 0 Å². The first kappa shape index (κ1) is 11.5. The van der Waals surface area contributed by atoms with Gasteiger partial charge in [-0.25, -0.2) is 4.39 Å². The smallest absolute Gasteiger partial charge is 0.117 e. The van der Waals surface area contributed by atoms with Gasteiger partial charge < -0.3 is 4.74 Å². The largest absolute Gasteiger partial charge is 0.374 e. The molecule has 0 bridgehead atoms. The molecule has 3 nitrogen and oxygen atoms in total. The van der Waals surface area contributed by atoms with Crippen LogP contribution >= 0.6 is 0 Å². The van der Waals surface area contributed by atoms with Crippen molar-refractivity contribution >= 4 is 0 Å². The highest BCUT2D eigenvalue weighted by molar-refractivity contribution is 5.03. The Morgan fingerprint density at radius 1 is 1.50 bits per heavy atom. The van der Waals surface area contributed by atoms with E-state index in [1.54, 1.807) is 6.20 Å². The van der Waals surface area contributed by atoms with Crippen LogP contribution in [0.4, 0.5) is 4.39 Å². The van der Waals surface area contributed by atoms with Crippen molar-refractivity contribution in [2.24, 2.45) is 0 Å². The van der Waals surface area contributed by atoms with Crippen molar-refractivity contribution in [3.63, 3.8) is 0 Å². The van der Waals surface area contributed by atoms with Crippen molar-refractivity contribution in [3.05, 3.63) is 30.1 Å². The van der Waals surface area contributed by atoms with Crippen LogP contribution in [0.3, 0.4) is 0 Å². The number of aromatic nitrogens is 1. The molecule has 1 unspecified atom stereocenters. The molecule has 0 saturated carbocycles. The number of rotatable bonds is 3. The van der Waals surface area contributed by atoms with Crippen LogP contribution in [-0.4, -0.2) is 42.4 Å². The summed E-state index contributed by atoms with van der Waals surface area (Å²) >= 11 is 0. The molecule has 0 aliphatic carbocycles. The topological polar surface area (TPSA) is 25.4 Å². The standard InChI is InChI=1S/C12H17FN2O/c13-8-12-10-15(6-3-7-16-12)9-11-4-1-2-5-14-11/h1-2,4-5,12H,3,6-10H2. The van der Waals surface area contributed by atoms with E-state index >= 15 is 0 Å².